The summed E-state index contributed by atoms with van der Waals surface area (Å²) in [4.78, 5) is 4.08. The van der Waals surface area contributed by atoms with Gasteiger partial charge >= 0.3 is 0 Å². The normalized spacial score (nSPS) is 12.3. The minimum atomic E-state index is -0.398. The average Bonchev–Trinajstić information content (AvgIpc) is 3.11. The summed E-state index contributed by atoms with van der Waals surface area (Å²) in [5.74, 6) is 0.312. The molecule has 0 unspecified atom stereocenters. The number of halogens is 2. The van der Waals surface area contributed by atoms with Gasteiger partial charge in [0.1, 0.15) is 5.82 Å². The van der Waals surface area contributed by atoms with Crippen LogP contribution in [0.5, 0.6) is 0 Å². The summed E-state index contributed by atoms with van der Waals surface area (Å²) < 4.78 is 18.4. The lowest BCUT2D eigenvalue weighted by Gasteiger charge is -2.08. The van der Waals surface area contributed by atoms with Crippen LogP contribution >= 0.6 is 39.5 Å². The Bertz CT molecular complexity index is 801. The van der Waals surface area contributed by atoms with E-state index in [2.05, 4.69) is 47.0 Å². The highest BCUT2D eigenvalue weighted by molar-refractivity contribution is 9.10. The maximum atomic E-state index is 13.3. The van der Waals surface area contributed by atoms with Crippen LogP contribution in [0.15, 0.2) is 42.5 Å². The van der Waals surface area contributed by atoms with Gasteiger partial charge in [-0.3, -0.25) is 4.99 Å². The van der Waals surface area contributed by atoms with E-state index < -0.39 is 5.82 Å². The minimum absolute atomic E-state index is 0.0418. The molecule has 0 fully saturated rings. The van der Waals surface area contributed by atoms with Gasteiger partial charge in [-0.25, -0.2) is 9.02 Å². The average molecular weight is 463 g/mol. The summed E-state index contributed by atoms with van der Waals surface area (Å²) in [5, 5.41) is 27.4. The van der Waals surface area contributed by atoms with Crippen molar-refractivity contribution in [3.63, 3.8) is 0 Å². The van der Waals surface area contributed by atoms with Gasteiger partial charge in [0.25, 0.3) is 0 Å². The Hall–Kier alpha value is -1.79. The van der Waals surface area contributed by atoms with Crippen molar-refractivity contribution in [1.29, 1.82) is 0 Å². The Morgan fingerprint density at radius 1 is 1.42 bits per heavy atom. The van der Waals surface area contributed by atoms with E-state index in [1.54, 1.807) is 7.05 Å². The SMILES string of the molecule is C/N=C(/NCCSc1nonc1/C(=N/O)Nc1ccc(F)c(Br)c1)SC. The van der Waals surface area contributed by atoms with Crippen LogP contribution in [-0.2, 0) is 0 Å². The van der Waals surface area contributed by atoms with Crippen LogP contribution in [-0.4, -0.2) is 52.1 Å². The van der Waals surface area contributed by atoms with E-state index in [1.165, 1.54) is 41.7 Å². The summed E-state index contributed by atoms with van der Waals surface area (Å²) >= 11 is 6.00. The van der Waals surface area contributed by atoms with Crippen molar-refractivity contribution in [3.8, 4) is 0 Å². The number of hydrogen-bond acceptors (Lipinski definition) is 8. The molecule has 0 spiro atoms. The van der Waals surface area contributed by atoms with Gasteiger partial charge in [-0.05, 0) is 50.7 Å². The Labute approximate surface area is 166 Å². The summed E-state index contributed by atoms with van der Waals surface area (Å²) in [6, 6.07) is 4.30. The van der Waals surface area contributed by atoms with Gasteiger partial charge in [0, 0.05) is 25.0 Å². The molecule has 1 aromatic heterocycles. The summed E-state index contributed by atoms with van der Waals surface area (Å²) in [6.07, 6.45) is 1.94. The van der Waals surface area contributed by atoms with Crippen LogP contribution < -0.4 is 10.6 Å². The van der Waals surface area contributed by atoms with Gasteiger partial charge < -0.3 is 15.8 Å². The second-order valence-corrected chi connectivity index (χ2v) is 7.36. The lowest BCUT2D eigenvalue weighted by Crippen LogP contribution is -2.23. The third kappa shape index (κ3) is 5.61. The van der Waals surface area contributed by atoms with Crippen molar-refractivity contribution >= 4 is 56.1 Å². The van der Waals surface area contributed by atoms with Gasteiger partial charge in [-0.1, -0.05) is 28.7 Å². The number of rotatable bonds is 6. The zero-order valence-electron chi connectivity index (χ0n) is 13.9. The molecule has 0 saturated heterocycles. The highest BCUT2D eigenvalue weighted by Gasteiger charge is 2.18. The molecule has 2 rings (SSSR count). The van der Waals surface area contributed by atoms with Gasteiger partial charge in [0.15, 0.2) is 15.9 Å². The van der Waals surface area contributed by atoms with E-state index >= 15 is 0 Å². The van der Waals surface area contributed by atoms with Gasteiger partial charge in [-0.15, -0.1) is 0 Å². The molecule has 140 valence electrons. The number of amidine groups is 2. The van der Waals surface area contributed by atoms with Crippen LogP contribution in [0.1, 0.15) is 5.69 Å². The minimum Gasteiger partial charge on any atom is -0.409 e. The highest BCUT2D eigenvalue weighted by Crippen LogP contribution is 2.23. The number of nitrogens with one attached hydrogen (secondary N) is 2. The van der Waals surface area contributed by atoms with E-state index in [4.69, 9.17) is 4.63 Å². The van der Waals surface area contributed by atoms with E-state index in [-0.39, 0.29) is 16.0 Å². The van der Waals surface area contributed by atoms with Crippen LogP contribution in [0.4, 0.5) is 10.1 Å². The van der Waals surface area contributed by atoms with Gasteiger partial charge in [0.05, 0.1) is 4.47 Å². The summed E-state index contributed by atoms with van der Waals surface area (Å²) in [5.41, 5.74) is 0.766. The molecule has 1 aromatic carbocycles. The van der Waals surface area contributed by atoms with Crippen LogP contribution in [0.25, 0.3) is 0 Å². The first kappa shape index (κ1) is 20.5. The molecule has 0 bridgehead atoms. The Morgan fingerprint density at radius 2 is 2.23 bits per heavy atom. The second kappa shape index (κ2) is 10.4. The molecule has 0 aliphatic heterocycles. The number of nitrogens with zero attached hydrogens (tertiary/aromatic N) is 4. The Kier molecular flexibility index (Phi) is 8.19. The van der Waals surface area contributed by atoms with E-state index in [1.807, 2.05) is 6.26 Å². The fourth-order valence-electron chi connectivity index (χ4n) is 1.81. The first-order valence-electron chi connectivity index (χ1n) is 7.23. The highest BCUT2D eigenvalue weighted by atomic mass is 79.9. The number of aromatic nitrogens is 2. The zero-order chi connectivity index (χ0) is 18.9. The van der Waals surface area contributed by atoms with E-state index in [0.29, 0.717) is 23.0 Å². The summed E-state index contributed by atoms with van der Waals surface area (Å²) in [6.45, 7) is 0.661. The van der Waals surface area contributed by atoms with Crippen LogP contribution in [0.2, 0.25) is 0 Å². The van der Waals surface area contributed by atoms with Crippen molar-refractivity contribution < 1.29 is 14.2 Å². The number of benzene rings is 1. The van der Waals surface area contributed by atoms with Crippen LogP contribution in [0.3, 0.4) is 0 Å². The first-order valence-corrected chi connectivity index (χ1v) is 10.2. The summed E-state index contributed by atoms with van der Waals surface area (Å²) in [7, 11) is 1.72. The largest absolute Gasteiger partial charge is 0.409 e. The molecule has 0 saturated carbocycles. The molecule has 0 aliphatic carbocycles. The number of oxime groups is 1. The van der Waals surface area contributed by atoms with Crippen molar-refractivity contribution in [2.24, 2.45) is 10.1 Å². The fourth-order valence-corrected chi connectivity index (χ4v) is 3.37. The number of anilines is 1. The lowest BCUT2D eigenvalue weighted by atomic mass is 10.3. The first-order chi connectivity index (χ1) is 12.6. The standard InChI is InChI=1S/C14H16BrFN6O2S2/c1-17-14(25-2)18-5-6-26-13-11(21-24-22-13)12(20-23)19-8-3-4-10(16)9(15)7-8/h3-4,7,23H,5-6H2,1-2H3,(H,17,18)(H,19,20). The number of aliphatic imine (C=N–C) groups is 1. The topological polar surface area (TPSA) is 108 Å². The maximum Gasteiger partial charge on any atom is 0.202 e. The smallest absolute Gasteiger partial charge is 0.202 e. The third-order valence-electron chi connectivity index (χ3n) is 2.98. The molecule has 0 amide bonds. The number of thioether (sulfide) groups is 2. The predicted molar refractivity (Wildman–Crippen MR) is 106 cm³/mol. The van der Waals surface area contributed by atoms with Crippen molar-refractivity contribution in [2.75, 3.05) is 30.9 Å². The molecule has 2 aromatic rings. The molecular weight excluding hydrogens is 447 g/mol. The molecule has 3 N–H and O–H groups in total. The van der Waals surface area contributed by atoms with Gasteiger partial charge in [-0.2, -0.15) is 0 Å². The van der Waals surface area contributed by atoms with Crippen LogP contribution in [0, 0.1) is 5.82 Å². The quantitative estimate of drug-likeness (QED) is 0.150. The molecule has 0 aliphatic rings. The predicted octanol–water partition coefficient (Wildman–Crippen LogP) is 3.25. The van der Waals surface area contributed by atoms with Crippen molar-refractivity contribution in [1.82, 2.24) is 15.6 Å². The van der Waals surface area contributed by atoms with E-state index in [0.717, 1.165) is 5.17 Å². The zero-order valence-corrected chi connectivity index (χ0v) is 17.1. The van der Waals surface area contributed by atoms with Crippen molar-refractivity contribution in [3.05, 3.63) is 34.2 Å². The second-order valence-electron chi connectivity index (χ2n) is 4.63. The molecule has 1 heterocycles. The maximum absolute atomic E-state index is 13.3. The van der Waals surface area contributed by atoms with E-state index in [9.17, 15) is 9.60 Å². The monoisotopic (exact) mass is 462 g/mol. The Balaban J connectivity index is 2.01. The Morgan fingerprint density at radius 3 is 2.88 bits per heavy atom. The fraction of sp³-hybridized carbons (Fsp3) is 0.286. The molecule has 0 atom stereocenters. The molecule has 26 heavy (non-hydrogen) atoms. The molecule has 12 heteroatoms. The lowest BCUT2D eigenvalue weighted by molar-refractivity contribution is 0.297. The van der Waals surface area contributed by atoms with Crippen molar-refractivity contribution in [2.45, 2.75) is 5.03 Å². The number of hydrogen-bond donors (Lipinski definition) is 3. The third-order valence-corrected chi connectivity index (χ3v) is 5.25. The van der Waals surface area contributed by atoms with Gasteiger partial charge in [0.2, 0.25) is 5.84 Å². The molecular formula is C14H16BrFN6O2S2. The molecule has 0 radical (unpaired) electrons. The molecule has 8 nitrogen and oxygen atoms in total.